The van der Waals surface area contributed by atoms with Crippen molar-refractivity contribution in [2.75, 3.05) is 5.75 Å². The molecule has 0 aromatic rings. The van der Waals surface area contributed by atoms with E-state index in [1.165, 1.54) is 19.3 Å². The van der Waals surface area contributed by atoms with E-state index in [1.807, 2.05) is 11.8 Å². The first-order valence-corrected chi connectivity index (χ1v) is 12.0. The molecule has 3 aliphatic rings. The predicted molar refractivity (Wildman–Crippen MR) is 111 cm³/mol. The van der Waals surface area contributed by atoms with Crippen LogP contribution in [0.3, 0.4) is 0 Å². The Hall–Kier alpha value is -0.620. The summed E-state index contributed by atoms with van der Waals surface area (Å²) in [5, 5.41) is 11.9. The Morgan fingerprint density at radius 1 is 1.15 bits per heavy atom. The zero-order valence-corrected chi connectivity index (χ0v) is 17.9. The number of nitro groups is 1. The van der Waals surface area contributed by atoms with E-state index in [0.717, 1.165) is 44.3 Å². The highest BCUT2D eigenvalue weighted by molar-refractivity contribution is 7.99. The van der Waals surface area contributed by atoms with Gasteiger partial charge in [0.1, 0.15) is 6.10 Å². The van der Waals surface area contributed by atoms with Crippen LogP contribution in [0.25, 0.3) is 0 Å². The van der Waals surface area contributed by atoms with Gasteiger partial charge in [-0.3, -0.25) is 14.9 Å². The molecule has 5 unspecified atom stereocenters. The fraction of sp³-hybridized carbons (Fsp3) is 0.952. The molecule has 0 amide bonds. The van der Waals surface area contributed by atoms with E-state index in [2.05, 4.69) is 13.8 Å². The SMILES string of the molecule is CCCCCCCC(CCC(=O)C1OC2CCC1CC2SCCC)[N+](=O)[O-]. The average molecular weight is 400 g/mol. The van der Waals surface area contributed by atoms with Crippen LogP contribution in [0.5, 0.6) is 0 Å². The molecule has 0 aromatic carbocycles. The van der Waals surface area contributed by atoms with Gasteiger partial charge in [-0.05, 0) is 43.8 Å². The lowest BCUT2D eigenvalue weighted by Crippen LogP contribution is -2.51. The maximum absolute atomic E-state index is 12.7. The van der Waals surface area contributed by atoms with Crippen molar-refractivity contribution in [2.45, 2.75) is 114 Å². The van der Waals surface area contributed by atoms with Gasteiger partial charge in [0.15, 0.2) is 5.78 Å². The number of rotatable bonds is 14. The molecule has 5 nitrogen and oxygen atoms in total. The zero-order chi connectivity index (χ0) is 19.6. The van der Waals surface area contributed by atoms with Crippen molar-refractivity contribution >= 4 is 17.5 Å². The Morgan fingerprint density at radius 3 is 2.56 bits per heavy atom. The van der Waals surface area contributed by atoms with Gasteiger partial charge in [0, 0.05) is 29.4 Å². The van der Waals surface area contributed by atoms with Gasteiger partial charge < -0.3 is 4.74 Å². The van der Waals surface area contributed by atoms with Crippen molar-refractivity contribution < 1.29 is 14.5 Å². The number of Topliss-reactive ketones (excluding diaryl/α,β-unsaturated/α-hetero) is 1. The molecule has 6 heteroatoms. The number of ether oxygens (including phenoxy) is 1. The smallest absolute Gasteiger partial charge is 0.213 e. The number of thioether (sulfide) groups is 1. The van der Waals surface area contributed by atoms with Gasteiger partial charge in [0.2, 0.25) is 6.04 Å². The summed E-state index contributed by atoms with van der Waals surface area (Å²) in [4.78, 5) is 23.9. The summed E-state index contributed by atoms with van der Waals surface area (Å²) >= 11 is 1.99. The molecule has 3 fully saturated rings. The van der Waals surface area contributed by atoms with Gasteiger partial charge in [-0.1, -0.05) is 39.5 Å². The highest BCUT2D eigenvalue weighted by Crippen LogP contribution is 2.43. The third-order valence-corrected chi connectivity index (χ3v) is 7.61. The van der Waals surface area contributed by atoms with Crippen molar-refractivity contribution in [3.63, 3.8) is 0 Å². The monoisotopic (exact) mass is 399 g/mol. The second-order valence-corrected chi connectivity index (χ2v) is 9.57. The Bertz CT molecular complexity index is 473. The molecule has 2 aliphatic heterocycles. The molecule has 156 valence electrons. The predicted octanol–water partition coefficient (Wildman–Crippen LogP) is 5.42. The lowest BCUT2D eigenvalue weighted by Gasteiger charge is -2.46. The lowest BCUT2D eigenvalue weighted by atomic mass is 9.77. The number of carbonyl (C=O) groups excluding carboxylic acids is 1. The Morgan fingerprint density at radius 2 is 1.93 bits per heavy atom. The molecule has 0 radical (unpaired) electrons. The largest absolute Gasteiger partial charge is 0.366 e. The summed E-state index contributed by atoms with van der Waals surface area (Å²) in [6.45, 7) is 4.35. The van der Waals surface area contributed by atoms with Crippen LogP contribution in [0.2, 0.25) is 0 Å². The van der Waals surface area contributed by atoms with Gasteiger partial charge in [-0.15, -0.1) is 0 Å². The molecule has 2 heterocycles. The number of hydrogen-bond donors (Lipinski definition) is 0. The van der Waals surface area contributed by atoms with Crippen molar-refractivity contribution in [2.24, 2.45) is 5.92 Å². The van der Waals surface area contributed by atoms with E-state index in [-0.39, 0.29) is 22.9 Å². The Kier molecular flexibility index (Phi) is 10.1. The normalized spacial score (nSPS) is 28.2. The van der Waals surface area contributed by atoms with Crippen molar-refractivity contribution in [1.82, 2.24) is 0 Å². The van der Waals surface area contributed by atoms with Crippen molar-refractivity contribution in [1.29, 1.82) is 0 Å². The molecule has 2 saturated heterocycles. The molecular formula is C21H37NO4S. The van der Waals surface area contributed by atoms with Gasteiger partial charge >= 0.3 is 0 Å². The number of ketones is 1. The summed E-state index contributed by atoms with van der Waals surface area (Å²) in [7, 11) is 0. The summed E-state index contributed by atoms with van der Waals surface area (Å²) in [6.07, 6.45) is 11.0. The quantitative estimate of drug-likeness (QED) is 0.221. The second kappa shape index (κ2) is 12.1. The minimum atomic E-state index is -0.579. The van der Waals surface area contributed by atoms with E-state index in [0.29, 0.717) is 30.4 Å². The van der Waals surface area contributed by atoms with Crippen LogP contribution < -0.4 is 0 Å². The number of carbonyl (C=O) groups is 1. The molecule has 2 bridgehead atoms. The molecule has 0 aromatic heterocycles. The second-order valence-electron chi connectivity index (χ2n) is 8.22. The number of fused-ring (bicyclic) bond motifs is 3. The molecule has 1 saturated carbocycles. The van der Waals surface area contributed by atoms with Crippen LogP contribution in [0.1, 0.15) is 90.9 Å². The molecule has 3 rings (SSSR count). The Balaban J connectivity index is 1.75. The van der Waals surface area contributed by atoms with Crippen LogP contribution in [-0.2, 0) is 9.53 Å². The van der Waals surface area contributed by atoms with Gasteiger partial charge in [0.25, 0.3) is 0 Å². The van der Waals surface area contributed by atoms with Crippen molar-refractivity contribution in [3.05, 3.63) is 10.1 Å². The van der Waals surface area contributed by atoms with E-state index in [4.69, 9.17) is 4.74 Å². The third kappa shape index (κ3) is 7.04. The summed E-state index contributed by atoms with van der Waals surface area (Å²) in [5.41, 5.74) is 0. The van der Waals surface area contributed by atoms with Crippen LogP contribution in [0.15, 0.2) is 0 Å². The number of nitrogens with zero attached hydrogens (tertiary/aromatic N) is 1. The minimum absolute atomic E-state index is 0.0986. The molecular weight excluding hydrogens is 362 g/mol. The maximum atomic E-state index is 12.7. The lowest BCUT2D eigenvalue weighted by molar-refractivity contribution is -0.524. The first-order chi connectivity index (χ1) is 13.1. The Labute approximate surface area is 168 Å². The van der Waals surface area contributed by atoms with E-state index >= 15 is 0 Å². The van der Waals surface area contributed by atoms with Crippen LogP contribution in [0, 0.1) is 16.0 Å². The van der Waals surface area contributed by atoms with E-state index in [9.17, 15) is 14.9 Å². The summed E-state index contributed by atoms with van der Waals surface area (Å²) in [6, 6.07) is -0.579. The standard InChI is InChI=1S/C21H37NO4S/c1-3-5-6-7-8-9-17(22(24)25)11-12-18(23)21-16-10-13-19(26-21)20(15-16)27-14-4-2/h16-17,19-21H,3-15H2,1-2H3. The molecule has 5 atom stereocenters. The topological polar surface area (TPSA) is 69.4 Å². The molecule has 1 aliphatic carbocycles. The summed E-state index contributed by atoms with van der Waals surface area (Å²) in [5.74, 6) is 1.57. The highest BCUT2D eigenvalue weighted by atomic mass is 32.2. The van der Waals surface area contributed by atoms with Crippen molar-refractivity contribution in [3.8, 4) is 0 Å². The molecule has 27 heavy (non-hydrogen) atoms. The fourth-order valence-electron chi connectivity index (χ4n) is 4.44. The third-order valence-electron chi connectivity index (χ3n) is 6.04. The molecule has 0 N–H and O–H groups in total. The summed E-state index contributed by atoms with van der Waals surface area (Å²) < 4.78 is 6.13. The first-order valence-electron chi connectivity index (χ1n) is 11.0. The highest BCUT2D eigenvalue weighted by Gasteiger charge is 2.45. The first kappa shape index (κ1) is 22.7. The average Bonchev–Trinajstić information content (AvgIpc) is 2.68. The van der Waals surface area contributed by atoms with Gasteiger partial charge in [0.05, 0.1) is 6.10 Å². The zero-order valence-electron chi connectivity index (χ0n) is 17.1. The number of unbranched alkanes of at least 4 members (excludes halogenated alkanes) is 4. The van der Waals surface area contributed by atoms with Crippen LogP contribution >= 0.6 is 11.8 Å². The fourth-order valence-corrected chi connectivity index (χ4v) is 5.77. The van der Waals surface area contributed by atoms with Crippen LogP contribution in [-0.4, -0.2) is 40.0 Å². The molecule has 0 spiro atoms. The maximum Gasteiger partial charge on any atom is 0.213 e. The minimum Gasteiger partial charge on any atom is -0.366 e. The van der Waals surface area contributed by atoms with E-state index in [1.54, 1.807) is 0 Å². The van der Waals surface area contributed by atoms with Crippen LogP contribution in [0.4, 0.5) is 0 Å². The van der Waals surface area contributed by atoms with Gasteiger partial charge in [-0.25, -0.2) is 0 Å². The number of hydrogen-bond acceptors (Lipinski definition) is 5. The van der Waals surface area contributed by atoms with E-state index < -0.39 is 6.04 Å². The van der Waals surface area contributed by atoms with Gasteiger partial charge in [-0.2, -0.15) is 11.8 Å².